The lowest BCUT2D eigenvalue weighted by atomic mass is 9.94. The number of amides is 1. The predicted molar refractivity (Wildman–Crippen MR) is 92.2 cm³/mol. The molecule has 2 aromatic carbocycles. The first kappa shape index (κ1) is 16.1. The van der Waals surface area contributed by atoms with Crippen LogP contribution in [-0.2, 0) is 4.79 Å². The molecule has 0 saturated carbocycles. The van der Waals surface area contributed by atoms with Crippen LogP contribution in [0.3, 0.4) is 0 Å². The number of Topliss-reactive ketones (excluding diaryl/α,β-unsaturated/α-hetero) is 1. The third-order valence-electron chi connectivity index (χ3n) is 4.38. The second-order valence-corrected chi connectivity index (χ2v) is 6.04. The summed E-state index contributed by atoms with van der Waals surface area (Å²) < 4.78 is 5.99. The molecule has 124 valence electrons. The molecule has 2 unspecified atom stereocenters. The summed E-state index contributed by atoms with van der Waals surface area (Å²) in [5.41, 5.74) is 10.2. The maximum Gasteiger partial charge on any atom is 0.216 e. The number of benzene rings is 2. The van der Waals surface area contributed by atoms with E-state index in [1.54, 1.807) is 13.1 Å². The summed E-state index contributed by atoms with van der Waals surface area (Å²) in [5, 5.41) is 2.39. The van der Waals surface area contributed by atoms with Crippen LogP contribution in [0.4, 0.5) is 5.69 Å². The molecule has 3 N–H and O–H groups in total. The van der Waals surface area contributed by atoms with Crippen LogP contribution in [0.5, 0.6) is 5.75 Å². The molecule has 1 aliphatic heterocycles. The van der Waals surface area contributed by atoms with E-state index < -0.39 is 0 Å². The van der Waals surface area contributed by atoms with Gasteiger partial charge >= 0.3 is 0 Å². The largest absolute Gasteiger partial charge is 0.484 e. The number of nitrogen functional groups attached to an aromatic ring is 1. The summed E-state index contributed by atoms with van der Waals surface area (Å²) in [7, 11) is 1.60. The number of hydrogen-bond donors (Lipinski definition) is 2. The minimum Gasteiger partial charge on any atom is -0.484 e. The highest BCUT2D eigenvalue weighted by Crippen LogP contribution is 2.53. The van der Waals surface area contributed by atoms with E-state index in [-0.39, 0.29) is 23.7 Å². The van der Waals surface area contributed by atoms with Crippen molar-refractivity contribution in [2.45, 2.75) is 25.9 Å². The molecule has 0 fully saturated rings. The molecule has 24 heavy (non-hydrogen) atoms. The van der Waals surface area contributed by atoms with E-state index in [2.05, 4.69) is 5.32 Å². The van der Waals surface area contributed by atoms with E-state index >= 15 is 0 Å². The van der Waals surface area contributed by atoms with Crippen LogP contribution in [0.25, 0.3) is 0 Å². The van der Waals surface area contributed by atoms with Gasteiger partial charge in [-0.2, -0.15) is 0 Å². The van der Waals surface area contributed by atoms with Gasteiger partial charge in [-0.3, -0.25) is 9.59 Å². The van der Waals surface area contributed by atoms with Gasteiger partial charge in [0, 0.05) is 36.3 Å². The zero-order valence-corrected chi connectivity index (χ0v) is 13.9. The lowest BCUT2D eigenvalue weighted by Gasteiger charge is -2.10. The van der Waals surface area contributed by atoms with Crippen LogP contribution in [0.1, 0.15) is 46.0 Å². The number of anilines is 1. The molecule has 2 aliphatic rings. The monoisotopic (exact) mass is 324 g/mol. The average Bonchev–Trinajstić information content (AvgIpc) is 3.04. The van der Waals surface area contributed by atoms with Crippen molar-refractivity contribution in [3.8, 4) is 5.75 Å². The zero-order chi connectivity index (χ0) is 17.4. The number of carbonyl (C=O) groups is 2. The van der Waals surface area contributed by atoms with E-state index in [4.69, 9.17) is 10.5 Å². The average molecular weight is 324 g/mol. The first-order valence-corrected chi connectivity index (χ1v) is 7.82. The first-order valence-electron chi connectivity index (χ1n) is 7.82. The van der Waals surface area contributed by atoms with Gasteiger partial charge in [-0.1, -0.05) is 24.3 Å². The van der Waals surface area contributed by atoms with Crippen molar-refractivity contribution in [2.75, 3.05) is 12.8 Å². The Hall–Kier alpha value is -2.82. The molecule has 2 atom stereocenters. The molecule has 4 rings (SSSR count). The Labute approximate surface area is 140 Å². The fourth-order valence-electron chi connectivity index (χ4n) is 3.16. The standard InChI is InChI=1S/C16H13NO2.C3H7NO/c1-8-5-6-9-12(7-8)19-16-10-3-2-4-11(17)13(10)15(18)14(9)16;1-3(5)4-2/h2-7,14,16H,17H2,1H3;1-2H3,(H,4,5). The molecular formula is C19H20N2O3. The number of ketones is 1. The lowest BCUT2D eigenvalue weighted by molar-refractivity contribution is -0.118. The molecule has 0 bridgehead atoms. The third kappa shape index (κ3) is 2.52. The second-order valence-electron chi connectivity index (χ2n) is 6.04. The molecule has 1 aliphatic carbocycles. The summed E-state index contributed by atoms with van der Waals surface area (Å²) in [4.78, 5) is 22.3. The number of ether oxygens (including phenoxy) is 1. The summed E-state index contributed by atoms with van der Waals surface area (Å²) >= 11 is 0. The van der Waals surface area contributed by atoms with Gasteiger partial charge in [-0.15, -0.1) is 0 Å². The summed E-state index contributed by atoms with van der Waals surface area (Å²) in [6, 6.07) is 11.6. The van der Waals surface area contributed by atoms with Gasteiger partial charge in [0.1, 0.15) is 11.9 Å². The van der Waals surface area contributed by atoms with Crippen molar-refractivity contribution >= 4 is 17.4 Å². The minimum absolute atomic E-state index is 0.00463. The molecule has 2 aromatic rings. The molecule has 0 radical (unpaired) electrons. The van der Waals surface area contributed by atoms with Crippen LogP contribution in [0.15, 0.2) is 36.4 Å². The molecule has 1 heterocycles. The Morgan fingerprint density at radius 3 is 2.58 bits per heavy atom. The zero-order valence-electron chi connectivity index (χ0n) is 13.9. The number of carbonyl (C=O) groups excluding carboxylic acids is 2. The SMILES string of the molecule is CNC(C)=O.Cc1ccc2c(c1)OC1c3cccc(N)c3C(=O)C21. The summed E-state index contributed by atoms with van der Waals surface area (Å²) in [6.07, 6.45) is -0.206. The van der Waals surface area contributed by atoms with Gasteiger partial charge < -0.3 is 15.8 Å². The molecule has 5 nitrogen and oxygen atoms in total. The first-order chi connectivity index (χ1) is 11.4. The van der Waals surface area contributed by atoms with Gasteiger partial charge in [-0.05, 0) is 24.6 Å². The summed E-state index contributed by atoms with van der Waals surface area (Å²) in [5.74, 6) is 0.692. The fourth-order valence-corrected chi connectivity index (χ4v) is 3.16. The van der Waals surface area contributed by atoms with Crippen LogP contribution in [0.2, 0.25) is 0 Å². The molecule has 1 amide bonds. The normalized spacial score (nSPS) is 19.4. The number of nitrogens with two attached hydrogens (primary N) is 1. The van der Waals surface area contributed by atoms with E-state index in [0.29, 0.717) is 11.3 Å². The number of nitrogens with one attached hydrogen (secondary N) is 1. The predicted octanol–water partition coefficient (Wildman–Crippen LogP) is 2.74. The van der Waals surface area contributed by atoms with Gasteiger partial charge in [0.15, 0.2) is 5.78 Å². The lowest BCUT2D eigenvalue weighted by Crippen LogP contribution is -2.11. The Bertz CT molecular complexity index is 829. The fraction of sp³-hybridized carbons (Fsp3) is 0.263. The van der Waals surface area contributed by atoms with Crippen molar-refractivity contribution in [2.24, 2.45) is 0 Å². The van der Waals surface area contributed by atoms with Gasteiger partial charge in [0.05, 0.1) is 5.92 Å². The van der Waals surface area contributed by atoms with E-state index in [1.165, 1.54) is 6.92 Å². The topological polar surface area (TPSA) is 81.4 Å². The van der Waals surface area contributed by atoms with Gasteiger partial charge in [0.25, 0.3) is 0 Å². The maximum absolute atomic E-state index is 12.6. The van der Waals surface area contributed by atoms with Crippen molar-refractivity contribution in [1.82, 2.24) is 5.32 Å². The molecule has 0 aromatic heterocycles. The van der Waals surface area contributed by atoms with E-state index in [1.807, 2.05) is 37.3 Å². The van der Waals surface area contributed by atoms with Crippen molar-refractivity contribution < 1.29 is 14.3 Å². The number of hydrogen-bond acceptors (Lipinski definition) is 4. The Balaban J connectivity index is 0.000000300. The van der Waals surface area contributed by atoms with Crippen molar-refractivity contribution in [3.63, 3.8) is 0 Å². The van der Waals surface area contributed by atoms with Crippen molar-refractivity contribution in [1.29, 1.82) is 0 Å². The quantitative estimate of drug-likeness (QED) is 0.730. The smallest absolute Gasteiger partial charge is 0.216 e. The van der Waals surface area contributed by atoms with Gasteiger partial charge in [-0.25, -0.2) is 0 Å². The molecule has 0 saturated heterocycles. The van der Waals surface area contributed by atoms with E-state index in [0.717, 1.165) is 22.4 Å². The number of aryl methyl sites for hydroxylation is 1. The second kappa shape index (κ2) is 6.00. The van der Waals surface area contributed by atoms with Gasteiger partial charge in [0.2, 0.25) is 5.91 Å². The third-order valence-corrected chi connectivity index (χ3v) is 4.38. The highest BCUT2D eigenvalue weighted by Gasteiger charge is 2.48. The van der Waals surface area contributed by atoms with Crippen LogP contribution < -0.4 is 15.8 Å². The Morgan fingerprint density at radius 1 is 1.21 bits per heavy atom. The van der Waals surface area contributed by atoms with Crippen LogP contribution in [-0.4, -0.2) is 18.7 Å². The Morgan fingerprint density at radius 2 is 1.92 bits per heavy atom. The number of rotatable bonds is 0. The Kier molecular flexibility index (Phi) is 4.01. The number of fused-ring (bicyclic) bond motifs is 5. The minimum atomic E-state index is -0.227. The summed E-state index contributed by atoms with van der Waals surface area (Å²) in [6.45, 7) is 3.49. The highest BCUT2D eigenvalue weighted by molar-refractivity contribution is 6.10. The van der Waals surface area contributed by atoms with Crippen LogP contribution >= 0.6 is 0 Å². The molecule has 0 spiro atoms. The van der Waals surface area contributed by atoms with E-state index in [9.17, 15) is 9.59 Å². The van der Waals surface area contributed by atoms with Crippen molar-refractivity contribution in [3.05, 3.63) is 58.7 Å². The molecular weight excluding hydrogens is 304 g/mol. The van der Waals surface area contributed by atoms with Crippen LogP contribution in [0, 0.1) is 6.92 Å². The molecule has 5 heteroatoms. The maximum atomic E-state index is 12.6. The highest BCUT2D eigenvalue weighted by atomic mass is 16.5.